The number of benzene rings is 3. The molecule has 0 aliphatic rings. The molecule has 2 amide bonds. The van der Waals surface area contributed by atoms with Gasteiger partial charge in [-0.15, -0.1) is 0 Å². The fourth-order valence-electron chi connectivity index (χ4n) is 2.99. The van der Waals surface area contributed by atoms with Crippen LogP contribution >= 0.6 is 0 Å². The average molecular weight is 416 g/mol. The maximum Gasteiger partial charge on any atom is 0.255 e. The van der Waals surface area contributed by atoms with E-state index in [1.807, 2.05) is 12.1 Å². The molecule has 5 N–H and O–H groups in total. The predicted molar refractivity (Wildman–Crippen MR) is 122 cm³/mol. The highest BCUT2D eigenvalue weighted by molar-refractivity contribution is 6.10. The van der Waals surface area contributed by atoms with Crippen LogP contribution < -0.4 is 16.4 Å². The number of amides is 2. The molecule has 0 aliphatic carbocycles. The molecule has 0 bridgehead atoms. The summed E-state index contributed by atoms with van der Waals surface area (Å²) in [4.78, 5) is 25.4. The van der Waals surface area contributed by atoms with Crippen molar-refractivity contribution in [3.05, 3.63) is 95.1 Å². The van der Waals surface area contributed by atoms with Gasteiger partial charge in [0.05, 0.1) is 11.4 Å². The van der Waals surface area contributed by atoms with Crippen LogP contribution in [0.25, 0.3) is 0 Å². The molecule has 158 valence electrons. The Balaban J connectivity index is 1.77. The van der Waals surface area contributed by atoms with Crippen LogP contribution in [0.2, 0.25) is 0 Å². The SMILES string of the molecule is CC(C)c1ccc(C(=O)Nc2ccccc2NC(=O)c2cccc(/C(N)=N\O)c2)cc1. The van der Waals surface area contributed by atoms with E-state index in [0.717, 1.165) is 5.56 Å². The van der Waals surface area contributed by atoms with E-state index in [1.165, 1.54) is 6.07 Å². The maximum atomic E-state index is 12.7. The number of amidine groups is 1. The maximum absolute atomic E-state index is 12.7. The van der Waals surface area contributed by atoms with E-state index in [4.69, 9.17) is 10.9 Å². The third-order valence-electron chi connectivity index (χ3n) is 4.79. The van der Waals surface area contributed by atoms with Gasteiger partial charge in [-0.1, -0.05) is 55.4 Å². The number of para-hydroxylation sites is 2. The van der Waals surface area contributed by atoms with Crippen LogP contribution in [0.5, 0.6) is 0 Å². The molecule has 0 spiro atoms. The number of rotatable bonds is 6. The topological polar surface area (TPSA) is 117 Å². The van der Waals surface area contributed by atoms with Crippen LogP contribution in [0.3, 0.4) is 0 Å². The highest BCUT2D eigenvalue weighted by Crippen LogP contribution is 2.23. The summed E-state index contributed by atoms with van der Waals surface area (Å²) >= 11 is 0. The normalized spacial score (nSPS) is 11.3. The van der Waals surface area contributed by atoms with Gasteiger partial charge in [0.1, 0.15) is 0 Å². The molecule has 3 rings (SSSR count). The second kappa shape index (κ2) is 9.58. The Morgan fingerprint density at radius 1 is 0.806 bits per heavy atom. The second-order valence-electron chi connectivity index (χ2n) is 7.30. The average Bonchev–Trinajstić information content (AvgIpc) is 2.79. The van der Waals surface area contributed by atoms with Gasteiger partial charge < -0.3 is 21.6 Å². The molecule has 31 heavy (non-hydrogen) atoms. The molecule has 0 atom stereocenters. The van der Waals surface area contributed by atoms with Crippen LogP contribution in [0.1, 0.15) is 51.6 Å². The zero-order chi connectivity index (χ0) is 22.4. The van der Waals surface area contributed by atoms with Gasteiger partial charge in [0.2, 0.25) is 0 Å². The van der Waals surface area contributed by atoms with Crippen molar-refractivity contribution in [2.24, 2.45) is 10.9 Å². The highest BCUT2D eigenvalue weighted by Gasteiger charge is 2.13. The molecule has 7 nitrogen and oxygen atoms in total. The van der Waals surface area contributed by atoms with Crippen LogP contribution in [-0.4, -0.2) is 22.9 Å². The summed E-state index contributed by atoms with van der Waals surface area (Å²) in [6, 6.07) is 20.8. The van der Waals surface area contributed by atoms with Gasteiger partial charge in [-0.05, 0) is 47.9 Å². The molecular formula is C24H24N4O3. The van der Waals surface area contributed by atoms with Gasteiger partial charge in [0.25, 0.3) is 11.8 Å². The van der Waals surface area contributed by atoms with Crippen molar-refractivity contribution < 1.29 is 14.8 Å². The number of nitrogens with one attached hydrogen (secondary N) is 2. The molecule has 3 aromatic carbocycles. The summed E-state index contributed by atoms with van der Waals surface area (Å²) in [5, 5.41) is 17.4. The molecule has 0 radical (unpaired) electrons. The minimum absolute atomic E-state index is 0.0919. The van der Waals surface area contributed by atoms with E-state index in [1.54, 1.807) is 54.6 Å². The van der Waals surface area contributed by atoms with E-state index in [9.17, 15) is 9.59 Å². The quantitative estimate of drug-likeness (QED) is 0.206. The first-order valence-electron chi connectivity index (χ1n) is 9.78. The molecule has 0 heterocycles. The molecule has 7 heteroatoms. The van der Waals surface area contributed by atoms with Crippen LogP contribution in [0.4, 0.5) is 11.4 Å². The molecular weight excluding hydrogens is 392 g/mol. The monoisotopic (exact) mass is 416 g/mol. The van der Waals surface area contributed by atoms with E-state index >= 15 is 0 Å². The molecule has 3 aromatic rings. The lowest BCUT2D eigenvalue weighted by atomic mass is 10.0. The van der Waals surface area contributed by atoms with Crippen molar-refractivity contribution in [3.8, 4) is 0 Å². The first-order chi connectivity index (χ1) is 14.9. The Labute approximate surface area is 180 Å². The number of nitrogens with two attached hydrogens (primary N) is 1. The van der Waals surface area contributed by atoms with Crippen molar-refractivity contribution in [1.82, 2.24) is 0 Å². The molecule has 0 unspecified atom stereocenters. The number of hydrogen-bond donors (Lipinski definition) is 4. The Morgan fingerprint density at radius 2 is 1.35 bits per heavy atom. The van der Waals surface area contributed by atoms with E-state index < -0.39 is 5.91 Å². The summed E-state index contributed by atoms with van der Waals surface area (Å²) < 4.78 is 0. The second-order valence-corrected chi connectivity index (χ2v) is 7.30. The third-order valence-corrected chi connectivity index (χ3v) is 4.79. The van der Waals surface area contributed by atoms with E-state index in [2.05, 4.69) is 29.6 Å². The summed E-state index contributed by atoms with van der Waals surface area (Å²) in [6.45, 7) is 4.18. The molecule has 0 fully saturated rings. The summed E-state index contributed by atoms with van der Waals surface area (Å²) in [6.07, 6.45) is 0. The van der Waals surface area contributed by atoms with Crippen LogP contribution in [0, 0.1) is 0 Å². The van der Waals surface area contributed by atoms with Crippen molar-refractivity contribution in [2.45, 2.75) is 19.8 Å². The Bertz CT molecular complexity index is 1120. The Hall–Kier alpha value is -4.13. The minimum atomic E-state index is -0.393. The standard InChI is InChI=1S/C24H24N4O3/c1-15(2)16-10-12-17(13-11-16)23(29)26-20-8-3-4-9-21(20)27-24(30)19-7-5-6-18(14-19)22(25)28-31/h3-15,31H,1-2H3,(H2,25,28)(H,26,29)(H,27,30). The number of oxime groups is 1. The molecule has 0 saturated heterocycles. The minimum Gasteiger partial charge on any atom is -0.409 e. The van der Waals surface area contributed by atoms with Gasteiger partial charge in [-0.3, -0.25) is 9.59 Å². The predicted octanol–water partition coefficient (Wildman–Crippen LogP) is 4.41. The van der Waals surface area contributed by atoms with E-state index in [-0.39, 0.29) is 11.7 Å². The largest absolute Gasteiger partial charge is 0.409 e. The zero-order valence-corrected chi connectivity index (χ0v) is 17.3. The van der Waals surface area contributed by atoms with Gasteiger partial charge in [-0.2, -0.15) is 0 Å². The Morgan fingerprint density at radius 3 is 1.90 bits per heavy atom. The third kappa shape index (κ3) is 5.27. The van der Waals surface area contributed by atoms with Crippen LogP contribution in [0.15, 0.2) is 78.0 Å². The lowest BCUT2D eigenvalue weighted by Gasteiger charge is -2.13. The number of hydrogen-bond acceptors (Lipinski definition) is 4. The number of carbonyl (C=O) groups is 2. The highest BCUT2D eigenvalue weighted by atomic mass is 16.4. The summed E-state index contributed by atoms with van der Waals surface area (Å²) in [5.74, 6) is -0.377. The first kappa shape index (κ1) is 21.6. The fourth-order valence-corrected chi connectivity index (χ4v) is 2.99. The van der Waals surface area contributed by atoms with Gasteiger partial charge in [-0.25, -0.2) is 0 Å². The number of nitrogens with zero attached hydrogens (tertiary/aromatic N) is 1. The number of carbonyl (C=O) groups excluding carboxylic acids is 2. The van der Waals surface area contributed by atoms with Gasteiger partial charge in [0.15, 0.2) is 5.84 Å². The lowest BCUT2D eigenvalue weighted by molar-refractivity contribution is 0.101. The number of anilines is 2. The van der Waals surface area contributed by atoms with E-state index in [0.29, 0.717) is 34.0 Å². The smallest absolute Gasteiger partial charge is 0.255 e. The van der Waals surface area contributed by atoms with Crippen molar-refractivity contribution in [3.63, 3.8) is 0 Å². The first-order valence-corrected chi connectivity index (χ1v) is 9.78. The summed E-state index contributed by atoms with van der Waals surface area (Å²) in [5.41, 5.74) is 8.95. The fraction of sp³-hybridized carbons (Fsp3) is 0.125. The van der Waals surface area contributed by atoms with Crippen molar-refractivity contribution >= 4 is 29.0 Å². The van der Waals surface area contributed by atoms with Crippen molar-refractivity contribution in [1.29, 1.82) is 0 Å². The zero-order valence-electron chi connectivity index (χ0n) is 17.3. The Kier molecular flexibility index (Phi) is 6.67. The molecule has 0 saturated carbocycles. The van der Waals surface area contributed by atoms with Gasteiger partial charge >= 0.3 is 0 Å². The van der Waals surface area contributed by atoms with Crippen molar-refractivity contribution in [2.75, 3.05) is 10.6 Å². The lowest BCUT2D eigenvalue weighted by Crippen LogP contribution is -2.18. The molecule has 0 aliphatic heterocycles. The molecule has 0 aromatic heterocycles. The van der Waals surface area contributed by atoms with Gasteiger partial charge in [0, 0.05) is 16.7 Å². The summed E-state index contributed by atoms with van der Waals surface area (Å²) in [7, 11) is 0. The van der Waals surface area contributed by atoms with Crippen LogP contribution in [-0.2, 0) is 0 Å².